The number of carbonyl (C=O) groups is 2. The summed E-state index contributed by atoms with van der Waals surface area (Å²) >= 11 is 0. The van der Waals surface area contributed by atoms with Gasteiger partial charge in [-0.05, 0) is 23.6 Å². The van der Waals surface area contributed by atoms with E-state index < -0.39 is 16.9 Å². The van der Waals surface area contributed by atoms with Crippen LogP contribution < -0.4 is 10.1 Å². The number of ether oxygens (including phenoxy) is 2. The molecule has 0 saturated carbocycles. The fraction of sp³-hybridized carbons (Fsp3) is 0.300. The molecule has 0 unspecified atom stereocenters. The van der Waals surface area contributed by atoms with E-state index in [9.17, 15) is 19.7 Å². The van der Waals surface area contributed by atoms with Crippen molar-refractivity contribution in [3.05, 3.63) is 69.8 Å². The number of carbonyl (C=O) groups excluding carboxylic acids is 2. The maximum absolute atomic E-state index is 12.3. The molecule has 8 nitrogen and oxygen atoms in total. The molecule has 28 heavy (non-hydrogen) atoms. The normalized spacial score (nSPS) is 11.4. The van der Waals surface area contributed by atoms with Gasteiger partial charge in [-0.3, -0.25) is 14.9 Å². The van der Waals surface area contributed by atoms with Crippen molar-refractivity contribution >= 4 is 17.6 Å². The lowest BCUT2D eigenvalue weighted by Crippen LogP contribution is -2.43. The highest BCUT2D eigenvalue weighted by atomic mass is 16.6. The average Bonchev–Trinajstić information content (AvgIpc) is 2.71. The highest BCUT2D eigenvalue weighted by Crippen LogP contribution is 2.28. The molecule has 0 aliphatic rings. The molecule has 1 N–H and O–H groups in total. The summed E-state index contributed by atoms with van der Waals surface area (Å²) in [5.74, 6) is -0.802. The molecule has 0 aliphatic carbocycles. The van der Waals surface area contributed by atoms with Crippen LogP contribution in [0.25, 0.3) is 0 Å². The van der Waals surface area contributed by atoms with Crippen molar-refractivity contribution in [1.82, 2.24) is 5.32 Å². The van der Waals surface area contributed by atoms with Gasteiger partial charge >= 0.3 is 11.7 Å². The van der Waals surface area contributed by atoms with E-state index in [0.29, 0.717) is 12.0 Å². The van der Waals surface area contributed by atoms with Crippen molar-refractivity contribution in [2.75, 3.05) is 14.2 Å². The Kier molecular flexibility index (Phi) is 7.50. The summed E-state index contributed by atoms with van der Waals surface area (Å²) in [7, 11) is 2.56. The van der Waals surface area contributed by atoms with Gasteiger partial charge in [0.25, 0.3) is 0 Å². The topological polar surface area (TPSA) is 108 Å². The fourth-order valence-electron chi connectivity index (χ4n) is 2.75. The summed E-state index contributed by atoms with van der Waals surface area (Å²) in [5, 5.41) is 13.8. The molecule has 0 aliphatic heterocycles. The van der Waals surface area contributed by atoms with Crippen molar-refractivity contribution in [3.8, 4) is 5.75 Å². The van der Waals surface area contributed by atoms with Crippen LogP contribution in [0.5, 0.6) is 5.75 Å². The van der Waals surface area contributed by atoms with Gasteiger partial charge in [-0.2, -0.15) is 0 Å². The molecule has 0 aromatic heterocycles. The molecule has 1 amide bonds. The minimum absolute atomic E-state index is 0.0641. The van der Waals surface area contributed by atoms with Crippen LogP contribution in [0.15, 0.2) is 48.5 Å². The van der Waals surface area contributed by atoms with Gasteiger partial charge in [0.2, 0.25) is 5.91 Å². The van der Waals surface area contributed by atoms with E-state index in [1.807, 2.05) is 30.3 Å². The molecule has 0 radical (unpaired) electrons. The van der Waals surface area contributed by atoms with E-state index in [2.05, 4.69) is 5.32 Å². The number of aryl methyl sites for hydroxylation is 1. The number of hydrogen-bond donors (Lipinski definition) is 1. The van der Waals surface area contributed by atoms with Crippen LogP contribution in [0.3, 0.4) is 0 Å². The van der Waals surface area contributed by atoms with E-state index in [1.54, 1.807) is 6.07 Å². The van der Waals surface area contributed by atoms with Crippen molar-refractivity contribution in [1.29, 1.82) is 0 Å². The number of nitrogens with one attached hydrogen (secondary N) is 1. The average molecular weight is 386 g/mol. The monoisotopic (exact) mass is 386 g/mol. The summed E-state index contributed by atoms with van der Waals surface area (Å²) in [5.41, 5.74) is 1.31. The predicted octanol–water partition coefficient (Wildman–Crippen LogP) is 2.44. The minimum atomic E-state index is -0.943. The molecule has 148 valence electrons. The van der Waals surface area contributed by atoms with E-state index in [0.717, 1.165) is 5.56 Å². The summed E-state index contributed by atoms with van der Waals surface area (Å²) in [6, 6.07) is 13.0. The molecular weight excluding hydrogens is 364 g/mol. The lowest BCUT2D eigenvalue weighted by molar-refractivity contribution is -0.385. The Bertz CT molecular complexity index is 838. The smallest absolute Gasteiger partial charge is 0.328 e. The molecule has 0 bridgehead atoms. The van der Waals surface area contributed by atoms with Crippen LogP contribution >= 0.6 is 0 Å². The third-order valence-electron chi connectivity index (χ3n) is 4.18. The van der Waals surface area contributed by atoms with Gasteiger partial charge in [0.15, 0.2) is 5.75 Å². The molecule has 0 saturated heterocycles. The second-order valence-corrected chi connectivity index (χ2v) is 6.10. The van der Waals surface area contributed by atoms with Crippen LogP contribution in [0.1, 0.15) is 17.5 Å². The van der Waals surface area contributed by atoms with Crippen molar-refractivity contribution in [2.24, 2.45) is 0 Å². The molecule has 0 fully saturated rings. The molecule has 0 heterocycles. The standard InChI is InChI=1S/C20H22N2O6/c1-27-18-10-8-15(13-17(18)22(25)26)12-16(20(24)28-2)21-19(23)11-9-14-6-4-3-5-7-14/h3-8,10,13,16H,9,11-12H2,1-2H3,(H,21,23)/t16-/m0/s1. The summed E-state index contributed by atoms with van der Waals surface area (Å²) in [4.78, 5) is 34.9. The van der Waals surface area contributed by atoms with Crippen molar-refractivity contribution < 1.29 is 24.0 Å². The van der Waals surface area contributed by atoms with Crippen LogP contribution in [-0.2, 0) is 27.2 Å². The molecular formula is C20H22N2O6. The van der Waals surface area contributed by atoms with Crippen LogP contribution in [-0.4, -0.2) is 37.1 Å². The quantitative estimate of drug-likeness (QED) is 0.403. The number of rotatable bonds is 9. The second kappa shape index (κ2) is 10.1. The first-order chi connectivity index (χ1) is 13.4. The summed E-state index contributed by atoms with van der Waals surface area (Å²) in [6.07, 6.45) is 0.809. The summed E-state index contributed by atoms with van der Waals surface area (Å²) < 4.78 is 9.73. The molecule has 0 spiro atoms. The zero-order valence-electron chi connectivity index (χ0n) is 15.7. The van der Waals surface area contributed by atoms with E-state index in [-0.39, 0.29) is 30.2 Å². The number of amides is 1. The number of nitrogens with zero attached hydrogens (tertiary/aromatic N) is 1. The lowest BCUT2D eigenvalue weighted by atomic mass is 10.0. The first kappa shape index (κ1) is 20.9. The van der Waals surface area contributed by atoms with Gasteiger partial charge in [-0.15, -0.1) is 0 Å². The minimum Gasteiger partial charge on any atom is -0.490 e. The number of esters is 1. The molecule has 8 heteroatoms. The number of methoxy groups -OCH3 is 2. The number of nitro benzene ring substituents is 1. The Balaban J connectivity index is 2.07. The molecule has 2 aromatic carbocycles. The number of benzene rings is 2. The Morgan fingerprint density at radius 2 is 1.82 bits per heavy atom. The molecule has 2 rings (SSSR count). The van der Waals surface area contributed by atoms with Crippen molar-refractivity contribution in [3.63, 3.8) is 0 Å². The van der Waals surface area contributed by atoms with Crippen LogP contribution in [0.4, 0.5) is 5.69 Å². The largest absolute Gasteiger partial charge is 0.490 e. The van der Waals surface area contributed by atoms with Gasteiger partial charge in [0, 0.05) is 18.9 Å². The third-order valence-corrected chi connectivity index (χ3v) is 4.18. The van der Waals surface area contributed by atoms with Crippen LogP contribution in [0, 0.1) is 10.1 Å². The Morgan fingerprint density at radius 1 is 1.11 bits per heavy atom. The molecule has 1 atom stereocenters. The van der Waals surface area contributed by atoms with Gasteiger partial charge in [-0.25, -0.2) is 4.79 Å². The Hall–Kier alpha value is -3.42. The zero-order chi connectivity index (χ0) is 20.5. The van der Waals surface area contributed by atoms with Crippen LogP contribution in [0.2, 0.25) is 0 Å². The van der Waals surface area contributed by atoms with Gasteiger partial charge < -0.3 is 14.8 Å². The maximum atomic E-state index is 12.3. The number of nitro groups is 1. The van der Waals surface area contributed by atoms with Crippen molar-refractivity contribution in [2.45, 2.75) is 25.3 Å². The SMILES string of the molecule is COC(=O)[C@H](Cc1ccc(OC)c([N+](=O)[O-])c1)NC(=O)CCc1ccccc1. The van der Waals surface area contributed by atoms with E-state index >= 15 is 0 Å². The predicted molar refractivity (Wildman–Crippen MR) is 102 cm³/mol. The van der Waals surface area contributed by atoms with E-state index in [1.165, 1.54) is 26.4 Å². The van der Waals surface area contributed by atoms with Gasteiger partial charge in [0.1, 0.15) is 6.04 Å². The first-order valence-electron chi connectivity index (χ1n) is 8.67. The second-order valence-electron chi connectivity index (χ2n) is 6.10. The Morgan fingerprint density at radius 3 is 2.43 bits per heavy atom. The van der Waals surface area contributed by atoms with Gasteiger partial charge in [0.05, 0.1) is 19.1 Å². The highest BCUT2D eigenvalue weighted by molar-refractivity contribution is 5.84. The fourth-order valence-corrected chi connectivity index (χ4v) is 2.75. The highest BCUT2D eigenvalue weighted by Gasteiger charge is 2.24. The lowest BCUT2D eigenvalue weighted by Gasteiger charge is -2.17. The summed E-state index contributed by atoms with van der Waals surface area (Å²) in [6.45, 7) is 0. The van der Waals surface area contributed by atoms with Gasteiger partial charge in [-0.1, -0.05) is 36.4 Å². The third kappa shape index (κ3) is 5.80. The maximum Gasteiger partial charge on any atom is 0.328 e. The Labute approximate surface area is 162 Å². The van der Waals surface area contributed by atoms with E-state index in [4.69, 9.17) is 9.47 Å². The first-order valence-corrected chi connectivity index (χ1v) is 8.67. The zero-order valence-corrected chi connectivity index (χ0v) is 15.7. The number of hydrogen-bond acceptors (Lipinski definition) is 6. The molecule has 2 aromatic rings.